The molecule has 0 radical (unpaired) electrons. The Morgan fingerprint density at radius 2 is 1.73 bits per heavy atom. The molecule has 12 heteroatoms. The summed E-state index contributed by atoms with van der Waals surface area (Å²) in [6.07, 6.45) is 5.14. The Balaban J connectivity index is 0.00000280. The van der Waals surface area contributed by atoms with Crippen LogP contribution in [0.15, 0.2) is 22.7 Å². The van der Waals surface area contributed by atoms with E-state index in [0.717, 1.165) is 29.9 Å². The van der Waals surface area contributed by atoms with E-state index in [1.807, 2.05) is 32.2 Å². The first kappa shape index (κ1) is 34.0. The molecule has 2 atom stereocenters. The Morgan fingerprint density at radius 3 is 2.33 bits per heavy atom. The van der Waals surface area contributed by atoms with Crippen LogP contribution in [0, 0.1) is 25.7 Å². The van der Waals surface area contributed by atoms with Gasteiger partial charge < -0.3 is 14.7 Å². The van der Waals surface area contributed by atoms with Gasteiger partial charge in [-0.3, -0.25) is 19.9 Å². The molecule has 1 saturated carbocycles. The summed E-state index contributed by atoms with van der Waals surface area (Å²) in [5, 5.41) is 14.5. The molecule has 1 aliphatic heterocycles. The Bertz CT molecular complexity index is 1100. The monoisotopic (exact) mass is 597 g/mol. The summed E-state index contributed by atoms with van der Waals surface area (Å²) in [4.78, 5) is 32.5. The van der Waals surface area contributed by atoms with Gasteiger partial charge in [0.25, 0.3) is 5.91 Å². The first-order valence-corrected chi connectivity index (χ1v) is 13.9. The molecule has 2 aromatic rings. The summed E-state index contributed by atoms with van der Waals surface area (Å²) >= 11 is 0. The van der Waals surface area contributed by atoms with Crippen LogP contribution in [0.25, 0.3) is 11.4 Å². The molecule has 1 aliphatic carbocycles. The summed E-state index contributed by atoms with van der Waals surface area (Å²) in [7, 11) is 1.85. The maximum atomic E-state index is 13.5. The van der Waals surface area contributed by atoms with Gasteiger partial charge in [0.2, 0.25) is 17.6 Å². The number of benzene rings is 1. The van der Waals surface area contributed by atoms with Gasteiger partial charge in [-0.1, -0.05) is 44.0 Å². The van der Waals surface area contributed by atoms with Crippen LogP contribution in [0.4, 0.5) is 5.69 Å². The lowest BCUT2D eigenvalue weighted by molar-refractivity contribution is -0.143. The molecule has 1 saturated heterocycles. The average Bonchev–Trinajstić information content (AvgIpc) is 3.52. The van der Waals surface area contributed by atoms with Gasteiger partial charge in [-0.05, 0) is 43.2 Å². The lowest BCUT2D eigenvalue weighted by Crippen LogP contribution is -2.48. The molecule has 1 aromatic carbocycles. The number of nitrogens with zero attached hydrogens (tertiary/aromatic N) is 5. The van der Waals surface area contributed by atoms with Gasteiger partial charge in [0.1, 0.15) is 0 Å². The van der Waals surface area contributed by atoms with Gasteiger partial charge in [-0.2, -0.15) is 4.98 Å². The standard InChI is InChI=1S/C28H43N7O3.2ClH/c1-19(2)30-12-13-35(25-14-22(11-10-20(25)3)28-31-21(4)38-32-28)27(37)16-29-15-26(36)33(5)34-17-23-8-6-7-9-24(23)18-34;;/h10-11,14,19,23-24,29-30H,6-9,12-13,15-18H2,1-5H3;2*1H/t23-,24+;;. The number of rotatable bonds is 11. The van der Waals surface area contributed by atoms with E-state index in [0.29, 0.717) is 42.7 Å². The SMILES string of the molecule is Cc1nc(-c2ccc(C)c(N(CCNC(C)C)C(=O)CNCC(=O)N(C)N3C[C@H]4CCCC[C@H]4C3)c2)no1.Cl.Cl. The number of nitrogens with one attached hydrogen (secondary N) is 2. The Morgan fingerprint density at radius 1 is 1.07 bits per heavy atom. The van der Waals surface area contributed by atoms with Crippen LogP contribution in [0.5, 0.6) is 0 Å². The van der Waals surface area contributed by atoms with E-state index in [1.165, 1.54) is 25.7 Å². The molecule has 2 amide bonds. The molecule has 2 N–H and O–H groups in total. The minimum Gasteiger partial charge on any atom is -0.339 e. The number of amides is 2. The van der Waals surface area contributed by atoms with Crippen molar-refractivity contribution in [2.75, 3.05) is 51.2 Å². The number of aryl methyl sites for hydroxylation is 2. The molecule has 0 unspecified atom stereocenters. The Hall–Kier alpha value is -2.24. The van der Waals surface area contributed by atoms with Crippen molar-refractivity contribution in [2.24, 2.45) is 11.8 Å². The minimum atomic E-state index is -0.0947. The van der Waals surface area contributed by atoms with Crippen LogP contribution in [-0.2, 0) is 9.59 Å². The third-order valence-corrected chi connectivity index (χ3v) is 7.77. The molecule has 2 fully saturated rings. The van der Waals surface area contributed by atoms with E-state index in [9.17, 15) is 9.59 Å². The second-order valence-electron chi connectivity index (χ2n) is 11.0. The van der Waals surface area contributed by atoms with E-state index in [4.69, 9.17) is 4.52 Å². The van der Waals surface area contributed by atoms with Crippen molar-refractivity contribution in [3.63, 3.8) is 0 Å². The highest BCUT2D eigenvalue weighted by atomic mass is 35.5. The third-order valence-electron chi connectivity index (χ3n) is 7.77. The van der Waals surface area contributed by atoms with Crippen LogP contribution >= 0.6 is 24.8 Å². The molecule has 10 nitrogen and oxygen atoms in total. The van der Waals surface area contributed by atoms with Crippen molar-refractivity contribution in [1.82, 2.24) is 30.8 Å². The summed E-state index contributed by atoms with van der Waals surface area (Å²) in [6, 6.07) is 6.13. The minimum absolute atomic E-state index is 0. The summed E-state index contributed by atoms with van der Waals surface area (Å²) in [5.41, 5.74) is 2.55. The molecule has 1 aromatic heterocycles. The highest BCUT2D eigenvalue weighted by molar-refractivity contribution is 5.96. The Kier molecular flexibility index (Phi) is 13.3. The van der Waals surface area contributed by atoms with Gasteiger partial charge in [0.05, 0.1) is 13.1 Å². The number of hydrogen-bond acceptors (Lipinski definition) is 8. The van der Waals surface area contributed by atoms with Gasteiger partial charge in [0, 0.05) is 57.4 Å². The molecular formula is C28H45Cl2N7O3. The molecule has 0 bridgehead atoms. The topological polar surface area (TPSA) is 107 Å². The van der Waals surface area contributed by atoms with Crippen molar-refractivity contribution in [3.05, 3.63) is 29.7 Å². The zero-order chi connectivity index (χ0) is 27.2. The fraction of sp³-hybridized carbons (Fsp3) is 0.643. The van der Waals surface area contributed by atoms with Gasteiger partial charge in [-0.15, -0.1) is 24.8 Å². The zero-order valence-corrected chi connectivity index (χ0v) is 25.9. The third kappa shape index (κ3) is 8.63. The van der Waals surface area contributed by atoms with Crippen LogP contribution < -0.4 is 15.5 Å². The Labute approximate surface area is 250 Å². The molecule has 2 aliphatic rings. The fourth-order valence-corrected chi connectivity index (χ4v) is 5.57. The van der Waals surface area contributed by atoms with Crippen molar-refractivity contribution in [1.29, 1.82) is 0 Å². The zero-order valence-electron chi connectivity index (χ0n) is 24.3. The molecule has 40 heavy (non-hydrogen) atoms. The molecule has 2 heterocycles. The number of hydrazine groups is 1. The predicted octanol–water partition coefficient (Wildman–Crippen LogP) is 3.61. The highest BCUT2D eigenvalue weighted by Crippen LogP contribution is 2.36. The first-order chi connectivity index (χ1) is 18.2. The van der Waals surface area contributed by atoms with Crippen molar-refractivity contribution >= 4 is 42.3 Å². The number of carbonyl (C=O) groups is 2. The summed E-state index contributed by atoms with van der Waals surface area (Å²) in [6.45, 7) is 11.1. The predicted molar refractivity (Wildman–Crippen MR) is 162 cm³/mol. The number of hydrogen-bond donors (Lipinski definition) is 2. The molecule has 224 valence electrons. The number of carbonyl (C=O) groups excluding carboxylic acids is 2. The quantitative estimate of drug-likeness (QED) is 0.404. The normalized spacial score (nSPS) is 18.6. The van der Waals surface area contributed by atoms with E-state index in [2.05, 4.69) is 39.6 Å². The second-order valence-corrected chi connectivity index (χ2v) is 11.0. The highest BCUT2D eigenvalue weighted by Gasteiger charge is 2.36. The molecule has 4 rings (SSSR count). The fourth-order valence-electron chi connectivity index (χ4n) is 5.57. The molecular weight excluding hydrogens is 553 g/mol. The van der Waals surface area contributed by atoms with Gasteiger partial charge in [0.15, 0.2) is 0 Å². The first-order valence-electron chi connectivity index (χ1n) is 13.9. The van der Waals surface area contributed by atoms with Crippen LogP contribution in [0.2, 0.25) is 0 Å². The number of halogens is 2. The van der Waals surface area contributed by atoms with E-state index in [-0.39, 0.29) is 49.7 Å². The lowest BCUT2D eigenvalue weighted by atomic mass is 9.82. The number of likely N-dealkylation sites (N-methyl/N-ethyl adjacent to an activating group) is 1. The second kappa shape index (κ2) is 15.7. The van der Waals surface area contributed by atoms with Crippen LogP contribution in [0.1, 0.15) is 51.0 Å². The maximum absolute atomic E-state index is 13.5. The van der Waals surface area contributed by atoms with E-state index >= 15 is 0 Å². The van der Waals surface area contributed by atoms with Crippen molar-refractivity contribution in [2.45, 2.75) is 59.4 Å². The average molecular weight is 599 g/mol. The summed E-state index contributed by atoms with van der Waals surface area (Å²) in [5.74, 6) is 2.28. The lowest BCUT2D eigenvalue weighted by Gasteiger charge is -2.29. The van der Waals surface area contributed by atoms with E-state index < -0.39 is 0 Å². The van der Waals surface area contributed by atoms with Crippen LogP contribution in [0.3, 0.4) is 0 Å². The smallest absolute Gasteiger partial charge is 0.250 e. The van der Waals surface area contributed by atoms with E-state index in [1.54, 1.807) is 16.8 Å². The largest absolute Gasteiger partial charge is 0.339 e. The maximum Gasteiger partial charge on any atom is 0.250 e. The van der Waals surface area contributed by atoms with Crippen LogP contribution in [-0.4, -0.2) is 84.3 Å². The van der Waals surface area contributed by atoms with Gasteiger partial charge in [-0.25, -0.2) is 5.01 Å². The number of anilines is 1. The number of aromatic nitrogens is 2. The van der Waals surface area contributed by atoms with Crippen molar-refractivity contribution < 1.29 is 14.1 Å². The summed E-state index contributed by atoms with van der Waals surface area (Å²) < 4.78 is 5.15. The molecule has 0 spiro atoms. The van der Waals surface area contributed by atoms with Crippen molar-refractivity contribution in [3.8, 4) is 11.4 Å². The van der Waals surface area contributed by atoms with Gasteiger partial charge >= 0.3 is 0 Å². The number of fused-ring (bicyclic) bond motifs is 1.